The number of anilines is 1. The van der Waals surface area contributed by atoms with Crippen molar-refractivity contribution in [3.8, 4) is 5.75 Å². The van der Waals surface area contributed by atoms with Crippen LogP contribution in [0.3, 0.4) is 0 Å². The van der Waals surface area contributed by atoms with Crippen molar-refractivity contribution in [2.75, 3.05) is 11.4 Å². The normalized spacial score (nSPS) is 20.1. The Bertz CT molecular complexity index is 400. The summed E-state index contributed by atoms with van der Waals surface area (Å²) in [6.45, 7) is 4.57. The number of carbonyl (C=O) groups is 1. The number of amides is 1. The third-order valence-corrected chi connectivity index (χ3v) is 2.68. The van der Waals surface area contributed by atoms with Gasteiger partial charge in [0.25, 0.3) is 0 Å². The lowest BCUT2D eigenvalue weighted by Gasteiger charge is -2.17. The molecule has 1 amide bonds. The van der Waals surface area contributed by atoms with Gasteiger partial charge in [0.1, 0.15) is 5.75 Å². The monoisotopic (exact) mass is 234 g/mol. The summed E-state index contributed by atoms with van der Waals surface area (Å²) < 4.78 is 5.55. The minimum absolute atomic E-state index is 0.0471. The molecule has 2 N–H and O–H groups in total. The average Bonchev–Trinajstić information content (AvgIpc) is 2.58. The molecule has 0 aliphatic carbocycles. The van der Waals surface area contributed by atoms with E-state index in [-0.39, 0.29) is 18.1 Å². The third-order valence-electron chi connectivity index (χ3n) is 2.68. The maximum absolute atomic E-state index is 11.7. The fourth-order valence-electron chi connectivity index (χ4n) is 1.96. The number of rotatable bonds is 3. The summed E-state index contributed by atoms with van der Waals surface area (Å²) >= 11 is 0. The van der Waals surface area contributed by atoms with Crippen molar-refractivity contribution in [3.63, 3.8) is 0 Å². The van der Waals surface area contributed by atoms with Crippen LogP contribution in [0.5, 0.6) is 5.75 Å². The van der Waals surface area contributed by atoms with Crippen molar-refractivity contribution in [2.45, 2.75) is 32.4 Å². The summed E-state index contributed by atoms with van der Waals surface area (Å²) in [5, 5.41) is 0. The standard InChI is InChI=1S/C13H18N2O2/c1-9(2)17-12-5-3-11(4-6-12)15-8-10(14)7-13(15)16/h3-6,9-10H,7-8,14H2,1-2H3. The van der Waals surface area contributed by atoms with E-state index in [0.717, 1.165) is 11.4 Å². The second kappa shape index (κ2) is 4.75. The summed E-state index contributed by atoms with van der Waals surface area (Å²) in [6, 6.07) is 7.51. The van der Waals surface area contributed by atoms with Crippen LogP contribution in [0.25, 0.3) is 0 Å². The molecule has 1 saturated heterocycles. The van der Waals surface area contributed by atoms with Crippen molar-refractivity contribution in [2.24, 2.45) is 5.73 Å². The van der Waals surface area contributed by atoms with Crippen LogP contribution >= 0.6 is 0 Å². The zero-order valence-electron chi connectivity index (χ0n) is 10.2. The van der Waals surface area contributed by atoms with Crippen LogP contribution < -0.4 is 15.4 Å². The molecule has 1 aromatic rings. The Balaban J connectivity index is 2.10. The number of benzene rings is 1. The molecule has 17 heavy (non-hydrogen) atoms. The van der Waals surface area contributed by atoms with Gasteiger partial charge in [-0.15, -0.1) is 0 Å². The van der Waals surface area contributed by atoms with E-state index in [1.54, 1.807) is 4.90 Å². The lowest BCUT2D eigenvalue weighted by molar-refractivity contribution is -0.117. The molecule has 92 valence electrons. The Labute approximate surface area is 101 Å². The molecular formula is C13H18N2O2. The molecule has 1 unspecified atom stereocenters. The van der Waals surface area contributed by atoms with Gasteiger partial charge in [-0.2, -0.15) is 0 Å². The molecule has 4 heteroatoms. The predicted octanol–water partition coefficient (Wildman–Crippen LogP) is 1.54. The summed E-state index contributed by atoms with van der Waals surface area (Å²) in [5.74, 6) is 0.912. The summed E-state index contributed by atoms with van der Waals surface area (Å²) in [7, 11) is 0. The highest BCUT2D eigenvalue weighted by atomic mass is 16.5. The van der Waals surface area contributed by atoms with Crippen molar-refractivity contribution in [3.05, 3.63) is 24.3 Å². The van der Waals surface area contributed by atoms with Gasteiger partial charge in [-0.1, -0.05) is 0 Å². The number of hydrogen-bond donors (Lipinski definition) is 1. The summed E-state index contributed by atoms with van der Waals surface area (Å²) in [4.78, 5) is 13.4. The first-order valence-electron chi connectivity index (χ1n) is 5.89. The molecule has 0 aromatic heterocycles. The van der Waals surface area contributed by atoms with Crippen molar-refractivity contribution >= 4 is 11.6 Å². The van der Waals surface area contributed by atoms with Gasteiger partial charge in [0.15, 0.2) is 0 Å². The van der Waals surface area contributed by atoms with Crippen LogP contribution in [0.1, 0.15) is 20.3 Å². The van der Waals surface area contributed by atoms with E-state index < -0.39 is 0 Å². The molecule has 0 radical (unpaired) electrons. The third kappa shape index (κ3) is 2.77. The van der Waals surface area contributed by atoms with E-state index in [0.29, 0.717) is 13.0 Å². The zero-order valence-corrected chi connectivity index (χ0v) is 10.2. The number of ether oxygens (including phenoxy) is 1. The second-order valence-corrected chi connectivity index (χ2v) is 4.63. The van der Waals surface area contributed by atoms with Crippen molar-refractivity contribution in [1.29, 1.82) is 0 Å². The first-order valence-corrected chi connectivity index (χ1v) is 5.89. The van der Waals surface area contributed by atoms with E-state index in [4.69, 9.17) is 10.5 Å². The molecule has 0 saturated carbocycles. The van der Waals surface area contributed by atoms with Gasteiger partial charge in [-0.3, -0.25) is 4.79 Å². The molecule has 2 rings (SSSR count). The first-order chi connectivity index (χ1) is 8.06. The first kappa shape index (κ1) is 11.9. The minimum Gasteiger partial charge on any atom is -0.491 e. The average molecular weight is 234 g/mol. The van der Waals surface area contributed by atoms with Crippen LogP contribution in [-0.2, 0) is 4.79 Å². The molecule has 1 heterocycles. The maximum Gasteiger partial charge on any atom is 0.228 e. The molecular weight excluding hydrogens is 216 g/mol. The maximum atomic E-state index is 11.7. The van der Waals surface area contributed by atoms with E-state index in [2.05, 4.69) is 0 Å². The van der Waals surface area contributed by atoms with Crippen LogP contribution in [-0.4, -0.2) is 24.6 Å². The van der Waals surface area contributed by atoms with Crippen molar-refractivity contribution < 1.29 is 9.53 Å². The second-order valence-electron chi connectivity index (χ2n) is 4.63. The molecule has 4 nitrogen and oxygen atoms in total. The quantitative estimate of drug-likeness (QED) is 0.863. The fourth-order valence-corrected chi connectivity index (χ4v) is 1.96. The molecule has 0 spiro atoms. The Morgan fingerprint density at radius 2 is 2.00 bits per heavy atom. The van der Waals surface area contributed by atoms with E-state index in [1.165, 1.54) is 0 Å². The van der Waals surface area contributed by atoms with Crippen molar-refractivity contribution in [1.82, 2.24) is 0 Å². The molecule has 1 fully saturated rings. The van der Waals surface area contributed by atoms with Crippen LogP contribution in [0.4, 0.5) is 5.69 Å². The molecule has 1 aromatic carbocycles. The predicted molar refractivity (Wildman–Crippen MR) is 67.2 cm³/mol. The molecule has 1 aliphatic heterocycles. The summed E-state index contributed by atoms with van der Waals surface area (Å²) in [6.07, 6.45) is 0.590. The number of hydrogen-bond acceptors (Lipinski definition) is 3. The van der Waals surface area contributed by atoms with Gasteiger partial charge < -0.3 is 15.4 Å². The zero-order chi connectivity index (χ0) is 12.4. The highest BCUT2D eigenvalue weighted by molar-refractivity contribution is 5.96. The number of carbonyl (C=O) groups excluding carboxylic acids is 1. The van der Waals surface area contributed by atoms with Crippen LogP contribution in [0.15, 0.2) is 24.3 Å². The lowest BCUT2D eigenvalue weighted by atomic mass is 10.2. The summed E-state index contributed by atoms with van der Waals surface area (Å²) in [5.41, 5.74) is 6.65. The van der Waals surface area contributed by atoms with Gasteiger partial charge in [0, 0.05) is 24.7 Å². The Morgan fingerprint density at radius 3 is 2.47 bits per heavy atom. The number of nitrogens with two attached hydrogens (primary N) is 1. The van der Waals surface area contributed by atoms with Gasteiger partial charge in [-0.05, 0) is 38.1 Å². The van der Waals surface area contributed by atoms with E-state index in [9.17, 15) is 4.79 Å². The van der Waals surface area contributed by atoms with E-state index >= 15 is 0 Å². The smallest absolute Gasteiger partial charge is 0.228 e. The van der Waals surface area contributed by atoms with E-state index in [1.807, 2.05) is 38.1 Å². The topological polar surface area (TPSA) is 55.6 Å². The van der Waals surface area contributed by atoms with Gasteiger partial charge >= 0.3 is 0 Å². The molecule has 1 aliphatic rings. The van der Waals surface area contributed by atoms with Gasteiger partial charge in [0.05, 0.1) is 6.10 Å². The van der Waals surface area contributed by atoms with Gasteiger partial charge in [0.2, 0.25) is 5.91 Å². The molecule has 1 atom stereocenters. The van der Waals surface area contributed by atoms with Crippen LogP contribution in [0, 0.1) is 0 Å². The number of nitrogens with zero attached hydrogens (tertiary/aromatic N) is 1. The van der Waals surface area contributed by atoms with Gasteiger partial charge in [-0.25, -0.2) is 0 Å². The highest BCUT2D eigenvalue weighted by Gasteiger charge is 2.27. The Hall–Kier alpha value is -1.55. The Kier molecular flexibility index (Phi) is 3.33. The highest BCUT2D eigenvalue weighted by Crippen LogP contribution is 2.24. The SMILES string of the molecule is CC(C)Oc1ccc(N2CC(N)CC2=O)cc1. The molecule has 0 bridgehead atoms. The van der Waals surface area contributed by atoms with Crippen LogP contribution in [0.2, 0.25) is 0 Å². The minimum atomic E-state index is -0.0471. The largest absolute Gasteiger partial charge is 0.491 e. The fraction of sp³-hybridized carbons (Fsp3) is 0.462. The Morgan fingerprint density at radius 1 is 1.35 bits per heavy atom. The lowest BCUT2D eigenvalue weighted by Crippen LogP contribution is -2.27.